The van der Waals surface area contributed by atoms with Crippen LogP contribution in [0.2, 0.25) is 0 Å². The summed E-state index contributed by atoms with van der Waals surface area (Å²) >= 11 is 1.26. The molecule has 0 saturated heterocycles. The summed E-state index contributed by atoms with van der Waals surface area (Å²) in [5, 5.41) is 1.76. The first-order valence-corrected chi connectivity index (χ1v) is 6.60. The Labute approximate surface area is 116 Å². The molecule has 0 aliphatic rings. The van der Waals surface area contributed by atoms with E-state index in [2.05, 4.69) is 10.4 Å². The van der Waals surface area contributed by atoms with Gasteiger partial charge in [-0.15, -0.1) is 11.3 Å². The van der Waals surface area contributed by atoms with E-state index in [-0.39, 0.29) is 12.5 Å². The molecule has 0 spiro atoms. The second-order valence-electron chi connectivity index (χ2n) is 4.03. The largest absolute Gasteiger partial charge is 0.421 e. The molecule has 20 heavy (non-hydrogen) atoms. The van der Waals surface area contributed by atoms with E-state index in [9.17, 15) is 9.59 Å². The molecule has 3 rings (SSSR count). The Morgan fingerprint density at radius 1 is 1.50 bits per heavy atom. The Balaban J connectivity index is 2.06. The highest BCUT2D eigenvalue weighted by Gasteiger charge is 2.16. The van der Waals surface area contributed by atoms with Crippen LogP contribution in [-0.4, -0.2) is 15.5 Å². The molecule has 3 heterocycles. The summed E-state index contributed by atoms with van der Waals surface area (Å²) in [7, 11) is 0. The van der Waals surface area contributed by atoms with Crippen LogP contribution in [0.25, 0.3) is 11.2 Å². The number of thiophene rings is 1. The molecule has 0 radical (unpaired) electrons. The molecule has 102 valence electrons. The number of nitrogens with two attached hydrogens (primary N) is 1. The third-order valence-corrected chi connectivity index (χ3v) is 3.79. The maximum absolute atomic E-state index is 11.9. The van der Waals surface area contributed by atoms with Crippen molar-refractivity contribution in [2.75, 3.05) is 0 Å². The number of aromatic nitrogens is 2. The summed E-state index contributed by atoms with van der Waals surface area (Å²) in [5.41, 5.74) is 3.63. The first-order valence-electron chi connectivity index (χ1n) is 5.72. The fourth-order valence-electron chi connectivity index (χ4n) is 1.93. The Kier molecular flexibility index (Phi) is 3.09. The smallest absolute Gasteiger partial charge is 0.406 e. The standard InChI is InChI=1S/C12H10N4O3S/c13-15-11(17)9-7(3-5-20-9)6-16-10-8(19-12(16)18)2-1-4-14-10/h1-5H,6,13H2,(H,15,17). The van der Waals surface area contributed by atoms with Gasteiger partial charge in [-0.2, -0.15) is 0 Å². The number of nitrogens with one attached hydrogen (secondary N) is 1. The van der Waals surface area contributed by atoms with Gasteiger partial charge < -0.3 is 4.42 Å². The van der Waals surface area contributed by atoms with Gasteiger partial charge in [-0.3, -0.25) is 14.8 Å². The maximum Gasteiger partial charge on any atom is 0.421 e. The summed E-state index contributed by atoms with van der Waals surface area (Å²) in [6.45, 7) is 0.203. The first-order chi connectivity index (χ1) is 9.70. The number of pyridine rings is 1. The van der Waals surface area contributed by atoms with Gasteiger partial charge in [-0.25, -0.2) is 15.6 Å². The molecule has 1 amide bonds. The van der Waals surface area contributed by atoms with Crippen molar-refractivity contribution in [3.63, 3.8) is 0 Å². The molecular formula is C12H10N4O3S. The summed E-state index contributed by atoms with van der Waals surface area (Å²) < 4.78 is 6.48. The quantitative estimate of drug-likeness (QED) is 0.420. The van der Waals surface area contributed by atoms with Gasteiger partial charge in [-0.1, -0.05) is 0 Å². The van der Waals surface area contributed by atoms with E-state index < -0.39 is 5.76 Å². The molecule has 0 atom stereocenters. The van der Waals surface area contributed by atoms with Gasteiger partial charge in [0, 0.05) is 6.20 Å². The van der Waals surface area contributed by atoms with Crippen LogP contribution in [0, 0.1) is 0 Å². The number of carbonyl (C=O) groups is 1. The zero-order chi connectivity index (χ0) is 14.1. The molecule has 0 aromatic carbocycles. The third-order valence-electron chi connectivity index (χ3n) is 2.84. The van der Waals surface area contributed by atoms with Gasteiger partial charge >= 0.3 is 5.76 Å². The molecule has 0 aliphatic carbocycles. The minimum absolute atomic E-state index is 0.203. The lowest BCUT2D eigenvalue weighted by Gasteiger charge is -2.03. The Morgan fingerprint density at radius 3 is 3.15 bits per heavy atom. The molecule has 0 bridgehead atoms. The van der Waals surface area contributed by atoms with Crippen LogP contribution in [0.15, 0.2) is 39.0 Å². The monoisotopic (exact) mass is 290 g/mol. The van der Waals surface area contributed by atoms with Crippen LogP contribution in [0.3, 0.4) is 0 Å². The van der Waals surface area contributed by atoms with Crippen LogP contribution in [0.4, 0.5) is 0 Å². The van der Waals surface area contributed by atoms with Gasteiger partial charge in [0.2, 0.25) is 0 Å². The summed E-state index contributed by atoms with van der Waals surface area (Å²) in [5.74, 6) is 4.24. The second kappa shape index (κ2) is 4.91. The number of amides is 1. The minimum Gasteiger partial charge on any atom is -0.406 e. The number of hydrogen-bond donors (Lipinski definition) is 2. The molecule has 3 aromatic rings. The average Bonchev–Trinajstić information content (AvgIpc) is 3.04. The average molecular weight is 290 g/mol. The van der Waals surface area contributed by atoms with E-state index in [1.807, 2.05) is 0 Å². The van der Waals surface area contributed by atoms with E-state index in [4.69, 9.17) is 10.3 Å². The molecule has 0 aliphatic heterocycles. The minimum atomic E-state index is -0.510. The number of oxazole rings is 1. The number of rotatable bonds is 3. The van der Waals surface area contributed by atoms with Crippen molar-refractivity contribution in [2.45, 2.75) is 6.54 Å². The number of hydrogen-bond acceptors (Lipinski definition) is 6. The topological polar surface area (TPSA) is 103 Å². The van der Waals surface area contributed by atoms with Gasteiger partial charge in [0.1, 0.15) is 0 Å². The number of carbonyl (C=O) groups excluding carboxylic acids is 1. The molecule has 8 heteroatoms. The third kappa shape index (κ3) is 2.00. The lowest BCUT2D eigenvalue weighted by molar-refractivity contribution is 0.0956. The van der Waals surface area contributed by atoms with Crippen molar-refractivity contribution in [3.8, 4) is 0 Å². The van der Waals surface area contributed by atoms with E-state index in [1.54, 1.807) is 29.8 Å². The van der Waals surface area contributed by atoms with Crippen molar-refractivity contribution in [3.05, 3.63) is 50.8 Å². The molecule has 3 N–H and O–H groups in total. The lowest BCUT2D eigenvalue weighted by atomic mass is 10.2. The molecule has 3 aromatic heterocycles. The Hall–Kier alpha value is -2.45. The van der Waals surface area contributed by atoms with Crippen molar-refractivity contribution < 1.29 is 9.21 Å². The van der Waals surface area contributed by atoms with E-state index in [0.717, 1.165) is 0 Å². The normalized spacial score (nSPS) is 10.8. The summed E-state index contributed by atoms with van der Waals surface area (Å²) in [6.07, 6.45) is 1.58. The fraction of sp³-hybridized carbons (Fsp3) is 0.0833. The maximum atomic E-state index is 11.9. The molecule has 0 saturated carbocycles. The van der Waals surface area contributed by atoms with Gasteiger partial charge in [-0.05, 0) is 29.1 Å². The summed E-state index contributed by atoms with van der Waals surface area (Å²) in [6, 6.07) is 5.12. The van der Waals surface area contributed by atoms with Crippen molar-refractivity contribution in [1.82, 2.24) is 15.0 Å². The van der Waals surface area contributed by atoms with E-state index in [0.29, 0.717) is 21.7 Å². The van der Waals surface area contributed by atoms with E-state index >= 15 is 0 Å². The number of nitrogen functional groups attached to an aromatic ring is 1. The van der Waals surface area contributed by atoms with Crippen molar-refractivity contribution in [2.24, 2.45) is 5.84 Å². The van der Waals surface area contributed by atoms with Crippen molar-refractivity contribution in [1.29, 1.82) is 0 Å². The number of fused-ring (bicyclic) bond motifs is 1. The highest BCUT2D eigenvalue weighted by Crippen LogP contribution is 2.19. The van der Waals surface area contributed by atoms with E-state index in [1.165, 1.54) is 15.9 Å². The molecular weight excluding hydrogens is 280 g/mol. The highest BCUT2D eigenvalue weighted by molar-refractivity contribution is 7.12. The molecule has 0 fully saturated rings. The Morgan fingerprint density at radius 2 is 2.35 bits per heavy atom. The summed E-state index contributed by atoms with van der Waals surface area (Å²) in [4.78, 5) is 28.1. The van der Waals surface area contributed by atoms with Crippen molar-refractivity contribution >= 4 is 28.5 Å². The lowest BCUT2D eigenvalue weighted by Crippen LogP contribution is -2.30. The van der Waals surface area contributed by atoms with Crippen LogP contribution in [0.5, 0.6) is 0 Å². The predicted molar refractivity (Wildman–Crippen MR) is 73.3 cm³/mol. The predicted octanol–water partition coefficient (Wildman–Crippen LogP) is 0.703. The van der Waals surface area contributed by atoms with Crippen LogP contribution >= 0.6 is 11.3 Å². The molecule has 0 unspecified atom stereocenters. The zero-order valence-electron chi connectivity index (χ0n) is 10.2. The van der Waals surface area contributed by atoms with Crippen LogP contribution < -0.4 is 17.0 Å². The van der Waals surface area contributed by atoms with Gasteiger partial charge in [0.05, 0.1) is 11.4 Å². The SMILES string of the molecule is NNC(=O)c1sccc1Cn1c(=O)oc2cccnc21. The fourth-order valence-corrected chi connectivity index (χ4v) is 2.75. The van der Waals surface area contributed by atoms with Gasteiger partial charge in [0.25, 0.3) is 5.91 Å². The van der Waals surface area contributed by atoms with Crippen LogP contribution in [-0.2, 0) is 6.54 Å². The Bertz CT molecular complexity index is 832. The number of nitrogens with zero attached hydrogens (tertiary/aromatic N) is 2. The molecule has 7 nitrogen and oxygen atoms in total. The highest BCUT2D eigenvalue weighted by atomic mass is 32.1. The number of hydrazine groups is 1. The zero-order valence-corrected chi connectivity index (χ0v) is 11.0. The second-order valence-corrected chi connectivity index (χ2v) is 4.94. The van der Waals surface area contributed by atoms with Crippen LogP contribution in [0.1, 0.15) is 15.2 Å². The first kappa shape index (κ1) is 12.6. The van der Waals surface area contributed by atoms with Gasteiger partial charge in [0.15, 0.2) is 11.2 Å².